The number of rotatable bonds is 36. The van der Waals surface area contributed by atoms with E-state index < -0.39 is 18.2 Å². The van der Waals surface area contributed by atoms with Crippen LogP contribution in [0.4, 0.5) is 0 Å². The van der Waals surface area contributed by atoms with Gasteiger partial charge in [0.2, 0.25) is 0 Å². The van der Waals surface area contributed by atoms with E-state index in [2.05, 4.69) is 29.4 Å². The molecule has 6 N–H and O–H groups in total. The number of carbonyl (C=O) groups excluding carboxylic acids is 2. The monoisotopic (exact) mass is 750 g/mol. The minimum absolute atomic E-state index is 0.0149. The van der Waals surface area contributed by atoms with Crippen LogP contribution >= 0.6 is 23.5 Å². The maximum Gasteiger partial charge on any atom is 0.306 e. The highest BCUT2D eigenvalue weighted by Gasteiger charge is 2.20. The average molecular weight is 751 g/mol. The van der Waals surface area contributed by atoms with Crippen molar-refractivity contribution in [3.8, 4) is 0 Å². The summed E-state index contributed by atoms with van der Waals surface area (Å²) in [6.07, 6.45) is 14.0. The van der Waals surface area contributed by atoms with Crippen LogP contribution in [0.3, 0.4) is 0 Å². The molecular weight excluding hydrogens is 685 g/mol. The van der Waals surface area contributed by atoms with E-state index in [4.69, 9.17) is 24.1 Å². The van der Waals surface area contributed by atoms with Gasteiger partial charge in [-0.15, -0.1) is 6.58 Å². The van der Waals surface area contributed by atoms with Crippen LogP contribution in [0.1, 0.15) is 57.8 Å². The van der Waals surface area contributed by atoms with E-state index in [9.17, 15) is 24.9 Å². The fraction of sp³-hybridized carbons (Fsp3) is 0.778. The Kier molecular flexibility index (Phi) is 34.9. The summed E-state index contributed by atoms with van der Waals surface area (Å²) in [5, 5.41) is 47.0. The number of ether oxygens (including phenoxy) is 4. The van der Waals surface area contributed by atoms with Gasteiger partial charge in [0.05, 0.1) is 57.5 Å². The molecule has 0 rings (SSSR count). The Labute approximate surface area is 309 Å². The second kappa shape index (κ2) is 35.9. The van der Waals surface area contributed by atoms with Gasteiger partial charge in [-0.25, -0.2) is 0 Å². The SMILES string of the molecule is C=CC(C/C=C/CCC(O)C(CO)NCCSCCC(=O)OCCOC)CCC(NCCSCCC(=O)OCCOC)C(O)CC/C=C/CO. The molecule has 292 valence electrons. The Morgan fingerprint density at radius 3 is 1.72 bits per heavy atom. The van der Waals surface area contributed by atoms with E-state index in [1.165, 1.54) is 0 Å². The molecule has 0 spiro atoms. The minimum Gasteiger partial charge on any atom is -0.463 e. The topological polar surface area (TPSA) is 176 Å². The van der Waals surface area contributed by atoms with Gasteiger partial charge in [-0.05, 0) is 50.9 Å². The van der Waals surface area contributed by atoms with Crippen LogP contribution in [-0.2, 0) is 28.5 Å². The first-order valence-corrected chi connectivity index (χ1v) is 20.0. The lowest BCUT2D eigenvalue weighted by atomic mass is 9.93. The molecule has 0 aliphatic rings. The normalized spacial score (nSPS) is 14.8. The van der Waals surface area contributed by atoms with Crippen molar-refractivity contribution in [2.75, 3.05) is 90.0 Å². The van der Waals surface area contributed by atoms with Crippen molar-refractivity contribution in [3.63, 3.8) is 0 Å². The molecule has 0 aromatic carbocycles. The fourth-order valence-corrected chi connectivity index (χ4v) is 6.32. The van der Waals surface area contributed by atoms with Gasteiger partial charge < -0.3 is 50.0 Å². The summed E-state index contributed by atoms with van der Waals surface area (Å²) in [6, 6.07) is -0.512. The molecule has 12 nitrogen and oxygen atoms in total. The van der Waals surface area contributed by atoms with Crippen LogP contribution in [0.25, 0.3) is 0 Å². The standard InChI is InChI=1S/C36H66N2O10S2/c1-4-30(11-7-5-8-13-34(42)32(29-40)38-19-28-50-26-17-36(44)48-24-22-46-3)14-15-31(33(41)12-9-6-10-20-39)37-18-27-49-25-16-35(43)47-23-21-45-2/h4-7,10,30-34,37-42H,1,8-9,11-29H2,2-3H3/b7-5+,10-6+. The summed E-state index contributed by atoms with van der Waals surface area (Å²) in [5.41, 5.74) is 0. The van der Waals surface area contributed by atoms with Crippen molar-refractivity contribution >= 4 is 35.5 Å². The number of hydrogen-bond donors (Lipinski definition) is 6. The Balaban J connectivity index is 4.51. The third kappa shape index (κ3) is 29.2. The summed E-state index contributed by atoms with van der Waals surface area (Å²) in [4.78, 5) is 23.4. The summed E-state index contributed by atoms with van der Waals surface area (Å²) in [6.45, 7) is 6.45. The zero-order valence-corrected chi connectivity index (χ0v) is 32.0. The molecular formula is C36H66N2O10S2. The maximum absolute atomic E-state index is 11.7. The lowest BCUT2D eigenvalue weighted by Crippen LogP contribution is -2.43. The molecule has 0 heterocycles. The summed E-state index contributed by atoms with van der Waals surface area (Å²) >= 11 is 3.28. The average Bonchev–Trinajstić information content (AvgIpc) is 3.11. The number of methoxy groups -OCH3 is 2. The molecule has 0 saturated carbocycles. The van der Waals surface area contributed by atoms with Crippen LogP contribution in [0.5, 0.6) is 0 Å². The van der Waals surface area contributed by atoms with Crippen molar-refractivity contribution in [3.05, 3.63) is 37.0 Å². The van der Waals surface area contributed by atoms with Crippen LogP contribution in [0, 0.1) is 5.92 Å². The van der Waals surface area contributed by atoms with Gasteiger partial charge in [0.25, 0.3) is 0 Å². The van der Waals surface area contributed by atoms with E-state index in [0.717, 1.165) is 30.8 Å². The summed E-state index contributed by atoms with van der Waals surface area (Å²) in [5.74, 6) is 2.63. The predicted molar refractivity (Wildman–Crippen MR) is 204 cm³/mol. The van der Waals surface area contributed by atoms with E-state index in [0.29, 0.717) is 76.3 Å². The molecule has 0 aromatic heterocycles. The molecule has 5 unspecified atom stereocenters. The van der Waals surface area contributed by atoms with Gasteiger partial charge in [-0.2, -0.15) is 23.5 Å². The van der Waals surface area contributed by atoms with Gasteiger partial charge in [0.15, 0.2) is 0 Å². The summed E-state index contributed by atoms with van der Waals surface area (Å²) in [7, 11) is 3.12. The minimum atomic E-state index is -0.686. The molecule has 0 fully saturated rings. The van der Waals surface area contributed by atoms with Crippen molar-refractivity contribution in [1.29, 1.82) is 0 Å². The molecule has 0 aliphatic carbocycles. The number of carbonyl (C=O) groups is 2. The second-order valence-corrected chi connectivity index (χ2v) is 14.1. The molecule has 0 amide bonds. The Morgan fingerprint density at radius 2 is 1.22 bits per heavy atom. The van der Waals surface area contributed by atoms with Crippen LogP contribution < -0.4 is 10.6 Å². The van der Waals surface area contributed by atoms with Gasteiger partial charge >= 0.3 is 11.9 Å². The smallest absolute Gasteiger partial charge is 0.306 e. The lowest BCUT2D eigenvalue weighted by Gasteiger charge is -2.25. The highest BCUT2D eigenvalue weighted by atomic mass is 32.2. The maximum atomic E-state index is 11.7. The molecule has 0 aliphatic heterocycles. The van der Waals surface area contributed by atoms with Crippen molar-refractivity contribution in [2.45, 2.75) is 82.1 Å². The molecule has 0 saturated heterocycles. The van der Waals surface area contributed by atoms with Crippen LogP contribution in [0.15, 0.2) is 37.0 Å². The zero-order valence-electron chi connectivity index (χ0n) is 30.4. The number of hydrogen-bond acceptors (Lipinski definition) is 14. The Bertz CT molecular complexity index is 884. The largest absolute Gasteiger partial charge is 0.463 e. The molecule has 0 bridgehead atoms. The number of aliphatic hydroxyl groups excluding tert-OH is 4. The first-order chi connectivity index (χ1) is 24.3. The van der Waals surface area contributed by atoms with Crippen LogP contribution in [-0.4, -0.2) is 147 Å². The zero-order chi connectivity index (χ0) is 37.1. The number of esters is 2. The fourth-order valence-electron chi connectivity index (χ4n) is 4.77. The number of aliphatic hydroxyl groups is 4. The molecule has 14 heteroatoms. The van der Waals surface area contributed by atoms with Crippen molar-refractivity contribution < 1.29 is 49.0 Å². The molecule has 0 aromatic rings. The first-order valence-electron chi connectivity index (χ1n) is 17.7. The molecule has 5 atom stereocenters. The Hall–Kier alpha value is -1.46. The second-order valence-electron chi connectivity index (χ2n) is 11.7. The quantitative estimate of drug-likeness (QED) is 0.0313. The number of thioether (sulfide) groups is 2. The van der Waals surface area contributed by atoms with Gasteiger partial charge in [-0.1, -0.05) is 30.4 Å². The van der Waals surface area contributed by atoms with Gasteiger partial charge in [0.1, 0.15) is 13.2 Å². The highest BCUT2D eigenvalue weighted by molar-refractivity contribution is 7.99. The third-order valence-electron chi connectivity index (χ3n) is 7.75. The lowest BCUT2D eigenvalue weighted by molar-refractivity contribution is -0.145. The molecule has 50 heavy (non-hydrogen) atoms. The predicted octanol–water partition coefficient (Wildman–Crippen LogP) is 2.88. The first kappa shape index (κ1) is 48.5. The number of allylic oxidation sites excluding steroid dienone is 4. The third-order valence-corrected chi connectivity index (χ3v) is 9.72. The Morgan fingerprint density at radius 1 is 0.700 bits per heavy atom. The van der Waals surface area contributed by atoms with E-state index in [1.807, 2.05) is 12.2 Å². The highest BCUT2D eigenvalue weighted by Crippen LogP contribution is 2.19. The summed E-state index contributed by atoms with van der Waals surface area (Å²) < 4.78 is 19.9. The molecule has 0 radical (unpaired) electrons. The van der Waals surface area contributed by atoms with E-state index >= 15 is 0 Å². The van der Waals surface area contributed by atoms with Gasteiger partial charge in [-0.3, -0.25) is 9.59 Å². The number of nitrogens with one attached hydrogen (secondary N) is 2. The van der Waals surface area contributed by atoms with Gasteiger partial charge in [0, 0.05) is 56.4 Å². The van der Waals surface area contributed by atoms with Crippen LogP contribution in [0.2, 0.25) is 0 Å². The van der Waals surface area contributed by atoms with Crippen molar-refractivity contribution in [1.82, 2.24) is 10.6 Å². The van der Waals surface area contributed by atoms with Crippen molar-refractivity contribution in [2.24, 2.45) is 5.92 Å². The van der Waals surface area contributed by atoms with E-state index in [-0.39, 0.29) is 50.3 Å². The van der Waals surface area contributed by atoms with E-state index in [1.54, 1.807) is 43.8 Å².